The van der Waals surface area contributed by atoms with Crippen LogP contribution in [-0.2, 0) is 12.8 Å². The normalized spacial score (nSPS) is 18.1. The summed E-state index contributed by atoms with van der Waals surface area (Å²) in [6, 6.07) is 2.09. The van der Waals surface area contributed by atoms with Crippen molar-refractivity contribution >= 4 is 21.6 Å². The molecule has 0 N–H and O–H groups in total. The van der Waals surface area contributed by atoms with Gasteiger partial charge in [0.1, 0.15) is 11.2 Å². The molecule has 1 aliphatic rings. The number of hydrogen-bond donors (Lipinski definition) is 0. The lowest BCUT2D eigenvalue weighted by molar-refractivity contribution is 0.508. The molecule has 5 heteroatoms. The first-order valence-corrected chi connectivity index (χ1v) is 8.24. The van der Waals surface area contributed by atoms with Crippen LogP contribution in [0.2, 0.25) is 0 Å². The Labute approximate surface area is 127 Å². The van der Waals surface area contributed by atoms with Gasteiger partial charge in [0.15, 0.2) is 5.82 Å². The fourth-order valence-corrected chi connectivity index (χ4v) is 4.45. The van der Waals surface area contributed by atoms with Crippen molar-refractivity contribution in [2.45, 2.75) is 40.0 Å². The van der Waals surface area contributed by atoms with Crippen molar-refractivity contribution in [1.82, 2.24) is 19.7 Å². The molecule has 4 nitrogen and oxygen atoms in total. The minimum atomic E-state index is 0.740. The lowest BCUT2D eigenvalue weighted by Gasteiger charge is -2.18. The molecule has 108 valence electrons. The van der Waals surface area contributed by atoms with Gasteiger partial charge in [-0.1, -0.05) is 6.92 Å². The molecule has 0 unspecified atom stereocenters. The van der Waals surface area contributed by atoms with Crippen molar-refractivity contribution in [3.05, 3.63) is 34.2 Å². The average Bonchev–Trinajstić information content (AvgIpc) is 2.98. The lowest BCUT2D eigenvalue weighted by Crippen LogP contribution is -2.10. The zero-order valence-corrected chi connectivity index (χ0v) is 13.4. The van der Waals surface area contributed by atoms with Gasteiger partial charge in [-0.2, -0.15) is 5.10 Å². The summed E-state index contributed by atoms with van der Waals surface area (Å²) in [6.45, 7) is 6.43. The van der Waals surface area contributed by atoms with Crippen LogP contribution in [0.25, 0.3) is 16.0 Å². The molecule has 1 atom stereocenters. The molecule has 4 rings (SSSR count). The highest BCUT2D eigenvalue weighted by Gasteiger charge is 2.24. The summed E-state index contributed by atoms with van der Waals surface area (Å²) in [5, 5.41) is 5.83. The Morgan fingerprint density at radius 1 is 1.29 bits per heavy atom. The third-order valence-electron chi connectivity index (χ3n) is 4.28. The summed E-state index contributed by atoms with van der Waals surface area (Å²) in [5.74, 6) is 1.68. The number of nitrogens with zero attached hydrogens (tertiary/aromatic N) is 4. The fraction of sp³-hybridized carbons (Fsp3) is 0.438. The maximum Gasteiger partial charge on any atom is 0.165 e. The maximum absolute atomic E-state index is 4.61. The molecule has 3 heterocycles. The van der Waals surface area contributed by atoms with Gasteiger partial charge in [-0.15, -0.1) is 11.3 Å². The molecule has 3 aromatic heterocycles. The maximum atomic E-state index is 4.61. The number of fused-ring (bicyclic) bond motifs is 3. The van der Waals surface area contributed by atoms with Gasteiger partial charge in [-0.25, -0.2) is 14.6 Å². The van der Waals surface area contributed by atoms with Crippen LogP contribution in [0.4, 0.5) is 0 Å². The van der Waals surface area contributed by atoms with Gasteiger partial charge in [0.2, 0.25) is 0 Å². The van der Waals surface area contributed by atoms with E-state index >= 15 is 0 Å². The van der Waals surface area contributed by atoms with Crippen molar-refractivity contribution in [1.29, 1.82) is 0 Å². The molecule has 21 heavy (non-hydrogen) atoms. The van der Waals surface area contributed by atoms with Crippen LogP contribution in [0.3, 0.4) is 0 Å². The van der Waals surface area contributed by atoms with Crippen molar-refractivity contribution in [3.63, 3.8) is 0 Å². The van der Waals surface area contributed by atoms with Crippen molar-refractivity contribution < 1.29 is 0 Å². The second kappa shape index (κ2) is 4.63. The molecular weight excluding hydrogens is 280 g/mol. The summed E-state index contributed by atoms with van der Waals surface area (Å²) < 4.78 is 1.96. The Morgan fingerprint density at radius 2 is 2.14 bits per heavy atom. The summed E-state index contributed by atoms with van der Waals surface area (Å²) >= 11 is 1.83. The van der Waals surface area contributed by atoms with E-state index in [1.165, 1.54) is 28.7 Å². The zero-order valence-electron chi connectivity index (χ0n) is 12.6. The molecule has 3 aromatic rings. The Morgan fingerprint density at radius 3 is 2.90 bits per heavy atom. The van der Waals surface area contributed by atoms with Gasteiger partial charge in [-0.3, -0.25) is 0 Å². The Kier molecular flexibility index (Phi) is 2.85. The Balaban J connectivity index is 2.02. The Bertz CT molecular complexity index is 830. The van der Waals surface area contributed by atoms with Gasteiger partial charge >= 0.3 is 0 Å². The van der Waals surface area contributed by atoms with E-state index in [-0.39, 0.29) is 0 Å². The van der Waals surface area contributed by atoms with Crippen LogP contribution >= 0.6 is 11.3 Å². The fourth-order valence-electron chi connectivity index (χ4n) is 3.27. The molecule has 0 saturated heterocycles. The van der Waals surface area contributed by atoms with E-state index in [2.05, 4.69) is 35.0 Å². The first-order valence-electron chi connectivity index (χ1n) is 7.42. The standard InChI is InChI=1S/C16H18N4S/c1-9-4-5-13-12(6-9)14-15(17-8-18-16(14)21-13)20-11(3)7-10(2)19-20/h7-9H,4-6H2,1-3H3/t9-/m0/s1. The number of thiophene rings is 1. The molecule has 1 aliphatic carbocycles. The van der Waals surface area contributed by atoms with Crippen molar-refractivity contribution in [3.8, 4) is 5.82 Å². The zero-order chi connectivity index (χ0) is 14.6. The number of aromatic nitrogens is 4. The monoisotopic (exact) mass is 298 g/mol. The quantitative estimate of drug-likeness (QED) is 0.689. The number of rotatable bonds is 1. The highest BCUT2D eigenvalue weighted by molar-refractivity contribution is 7.18. The van der Waals surface area contributed by atoms with Crippen LogP contribution in [0.15, 0.2) is 12.4 Å². The predicted molar refractivity (Wildman–Crippen MR) is 85.2 cm³/mol. The molecule has 0 saturated carbocycles. The molecule has 0 spiro atoms. The van der Waals surface area contributed by atoms with E-state index in [1.807, 2.05) is 22.9 Å². The SMILES string of the molecule is Cc1cc(C)n(-c2ncnc3sc4c(c23)C[C@@H](C)CC4)n1. The van der Waals surface area contributed by atoms with E-state index in [4.69, 9.17) is 0 Å². The minimum absolute atomic E-state index is 0.740. The van der Waals surface area contributed by atoms with Gasteiger partial charge in [0, 0.05) is 10.6 Å². The second-order valence-corrected chi connectivity index (χ2v) is 7.15. The van der Waals surface area contributed by atoms with E-state index in [1.54, 1.807) is 6.33 Å². The summed E-state index contributed by atoms with van der Waals surface area (Å²) in [4.78, 5) is 11.6. The molecule has 0 aliphatic heterocycles. The second-order valence-electron chi connectivity index (χ2n) is 6.07. The predicted octanol–water partition coefficient (Wildman–Crippen LogP) is 3.62. The van der Waals surface area contributed by atoms with Crippen LogP contribution in [0, 0.1) is 19.8 Å². The molecule has 0 radical (unpaired) electrons. The average molecular weight is 298 g/mol. The lowest BCUT2D eigenvalue weighted by atomic mass is 9.88. The Hall–Kier alpha value is -1.75. The summed E-state index contributed by atoms with van der Waals surface area (Å²) in [7, 11) is 0. The third-order valence-corrected chi connectivity index (χ3v) is 5.48. The summed E-state index contributed by atoms with van der Waals surface area (Å²) in [6.07, 6.45) is 5.26. The number of hydrogen-bond acceptors (Lipinski definition) is 4. The third kappa shape index (κ3) is 1.99. The first kappa shape index (κ1) is 13.0. The first-order chi connectivity index (χ1) is 10.1. The molecule has 0 aromatic carbocycles. The van der Waals surface area contributed by atoms with E-state index < -0.39 is 0 Å². The highest BCUT2D eigenvalue weighted by Crippen LogP contribution is 2.39. The summed E-state index contributed by atoms with van der Waals surface area (Å²) in [5.41, 5.74) is 3.60. The number of aryl methyl sites for hydroxylation is 3. The van der Waals surface area contributed by atoms with Crippen molar-refractivity contribution in [2.75, 3.05) is 0 Å². The van der Waals surface area contributed by atoms with Crippen LogP contribution in [-0.4, -0.2) is 19.7 Å². The van der Waals surface area contributed by atoms with Gasteiger partial charge in [-0.05, 0) is 50.7 Å². The topological polar surface area (TPSA) is 43.6 Å². The molecule has 0 amide bonds. The smallest absolute Gasteiger partial charge is 0.165 e. The van der Waals surface area contributed by atoms with Crippen LogP contribution in [0.1, 0.15) is 35.2 Å². The van der Waals surface area contributed by atoms with Crippen LogP contribution in [0.5, 0.6) is 0 Å². The highest BCUT2D eigenvalue weighted by atomic mass is 32.1. The molecular formula is C16H18N4S. The van der Waals surface area contributed by atoms with Crippen LogP contribution < -0.4 is 0 Å². The van der Waals surface area contributed by atoms with Gasteiger partial charge in [0.05, 0.1) is 11.1 Å². The van der Waals surface area contributed by atoms with Gasteiger partial charge < -0.3 is 0 Å². The minimum Gasteiger partial charge on any atom is -0.225 e. The van der Waals surface area contributed by atoms with E-state index in [0.29, 0.717) is 0 Å². The van der Waals surface area contributed by atoms with E-state index in [9.17, 15) is 0 Å². The van der Waals surface area contributed by atoms with Gasteiger partial charge in [0.25, 0.3) is 0 Å². The van der Waals surface area contributed by atoms with E-state index in [0.717, 1.165) is 34.4 Å². The van der Waals surface area contributed by atoms with Crippen molar-refractivity contribution in [2.24, 2.45) is 5.92 Å². The molecule has 0 fully saturated rings. The largest absolute Gasteiger partial charge is 0.225 e. The molecule has 0 bridgehead atoms.